The van der Waals surface area contributed by atoms with Gasteiger partial charge in [-0.05, 0) is 64.5 Å². The molecule has 0 radical (unpaired) electrons. The largest absolute Gasteiger partial charge is 0.444 e. The number of amides is 1. The van der Waals surface area contributed by atoms with Crippen LogP contribution in [0.25, 0.3) is 11.0 Å². The van der Waals surface area contributed by atoms with Crippen molar-refractivity contribution in [2.24, 2.45) is 0 Å². The highest BCUT2D eigenvalue weighted by Gasteiger charge is 2.29. The summed E-state index contributed by atoms with van der Waals surface area (Å²) >= 11 is 0. The summed E-state index contributed by atoms with van der Waals surface area (Å²) in [6.45, 7) is 17.2. The van der Waals surface area contributed by atoms with E-state index in [4.69, 9.17) is 19.2 Å². The van der Waals surface area contributed by atoms with Gasteiger partial charge in [0, 0.05) is 39.5 Å². The van der Waals surface area contributed by atoms with Crippen LogP contribution in [-0.2, 0) is 20.9 Å². The SMILES string of the molecule is CC(C)(C)OC(=O)NC1CCC(c2cc3c(N4CCOCC4)ncnc3n2COCC[Si](C)(C)C)CC1. The maximum Gasteiger partial charge on any atom is 0.407 e. The molecule has 2 aromatic rings. The second-order valence-electron chi connectivity index (χ2n) is 12.6. The first-order valence-corrected chi connectivity index (χ1v) is 17.4. The Morgan fingerprint density at radius 1 is 1.14 bits per heavy atom. The maximum atomic E-state index is 12.3. The minimum absolute atomic E-state index is 0.139. The monoisotopic (exact) mass is 531 g/mol. The first kappa shape index (κ1) is 27.9. The Hall–Kier alpha value is -2.17. The van der Waals surface area contributed by atoms with Gasteiger partial charge in [-0.1, -0.05) is 19.6 Å². The van der Waals surface area contributed by atoms with E-state index in [-0.39, 0.29) is 12.1 Å². The number of morpholine rings is 1. The van der Waals surface area contributed by atoms with Crippen LogP contribution in [0.5, 0.6) is 0 Å². The number of nitrogens with zero attached hydrogens (tertiary/aromatic N) is 4. The number of nitrogens with one attached hydrogen (secondary N) is 1. The highest BCUT2D eigenvalue weighted by Crippen LogP contribution is 2.37. The minimum Gasteiger partial charge on any atom is -0.444 e. The van der Waals surface area contributed by atoms with Crippen LogP contribution in [0.15, 0.2) is 12.4 Å². The Morgan fingerprint density at radius 3 is 2.49 bits per heavy atom. The van der Waals surface area contributed by atoms with Crippen molar-refractivity contribution in [3.63, 3.8) is 0 Å². The average molecular weight is 532 g/mol. The number of ether oxygens (including phenoxy) is 3. The molecule has 2 fully saturated rings. The Bertz CT molecular complexity index is 1050. The van der Waals surface area contributed by atoms with Gasteiger partial charge >= 0.3 is 6.09 Å². The number of rotatable bonds is 8. The van der Waals surface area contributed by atoms with E-state index in [9.17, 15) is 4.79 Å². The molecule has 1 aliphatic carbocycles. The van der Waals surface area contributed by atoms with Crippen molar-refractivity contribution in [3.8, 4) is 0 Å². The van der Waals surface area contributed by atoms with Crippen LogP contribution in [0.4, 0.5) is 10.6 Å². The molecular formula is C27H45N5O4Si. The number of hydrogen-bond donors (Lipinski definition) is 1. The second kappa shape index (κ2) is 11.7. The van der Waals surface area contributed by atoms with E-state index in [0.717, 1.165) is 68.3 Å². The molecule has 1 amide bonds. The number of aromatic nitrogens is 3. The van der Waals surface area contributed by atoms with Crippen LogP contribution in [0.3, 0.4) is 0 Å². The van der Waals surface area contributed by atoms with Crippen LogP contribution in [0, 0.1) is 0 Å². The van der Waals surface area contributed by atoms with Gasteiger partial charge in [0.25, 0.3) is 0 Å². The van der Waals surface area contributed by atoms with E-state index < -0.39 is 13.7 Å². The summed E-state index contributed by atoms with van der Waals surface area (Å²) in [6, 6.07) is 3.56. The first-order valence-electron chi connectivity index (χ1n) is 13.7. The molecule has 206 valence electrons. The molecule has 1 saturated carbocycles. The van der Waals surface area contributed by atoms with Gasteiger partial charge in [0.1, 0.15) is 30.1 Å². The fraction of sp³-hybridized carbons (Fsp3) is 0.741. The number of alkyl carbamates (subject to hydrolysis) is 1. The number of carbonyl (C=O) groups excluding carboxylic acids is 1. The van der Waals surface area contributed by atoms with Crippen LogP contribution >= 0.6 is 0 Å². The summed E-state index contributed by atoms with van der Waals surface area (Å²) in [5.41, 5.74) is 1.71. The molecule has 4 rings (SSSR count). The van der Waals surface area contributed by atoms with Crippen molar-refractivity contribution in [1.29, 1.82) is 0 Å². The van der Waals surface area contributed by atoms with Crippen molar-refractivity contribution in [3.05, 3.63) is 18.1 Å². The zero-order valence-electron chi connectivity index (χ0n) is 23.5. The summed E-state index contributed by atoms with van der Waals surface area (Å²) in [5.74, 6) is 1.36. The first-order chi connectivity index (χ1) is 17.5. The fourth-order valence-corrected chi connectivity index (χ4v) is 5.87. The highest BCUT2D eigenvalue weighted by molar-refractivity contribution is 6.76. The van der Waals surface area contributed by atoms with Crippen molar-refractivity contribution < 1.29 is 19.0 Å². The lowest BCUT2D eigenvalue weighted by molar-refractivity contribution is 0.0490. The predicted molar refractivity (Wildman–Crippen MR) is 149 cm³/mol. The van der Waals surface area contributed by atoms with E-state index in [0.29, 0.717) is 25.9 Å². The molecule has 0 aromatic carbocycles. The molecule has 2 aliphatic rings. The standard InChI is InChI=1S/C27H45N5O4Si/c1-27(2,3)36-26(33)30-21-9-7-20(8-10-21)23-17-22-24(31-11-13-34-14-12-31)28-18-29-25(22)32(23)19-35-15-16-37(4,5)6/h17-18,20-21H,7-16,19H2,1-6H3,(H,30,33). The smallest absolute Gasteiger partial charge is 0.407 e. The van der Waals surface area contributed by atoms with Gasteiger partial charge in [-0.2, -0.15) is 0 Å². The quantitative estimate of drug-likeness (QED) is 0.373. The molecule has 37 heavy (non-hydrogen) atoms. The molecule has 1 N–H and O–H groups in total. The summed E-state index contributed by atoms with van der Waals surface area (Å²) < 4.78 is 19.5. The second-order valence-corrected chi connectivity index (χ2v) is 18.2. The third kappa shape index (κ3) is 7.67. The molecule has 0 bridgehead atoms. The van der Waals surface area contributed by atoms with Crippen molar-refractivity contribution >= 4 is 31.0 Å². The van der Waals surface area contributed by atoms with Crippen LogP contribution in [-0.4, -0.2) is 73.3 Å². The summed E-state index contributed by atoms with van der Waals surface area (Å²) in [4.78, 5) is 24.0. The Labute approximate surface area is 222 Å². The third-order valence-electron chi connectivity index (χ3n) is 7.10. The summed E-state index contributed by atoms with van der Waals surface area (Å²) in [5, 5.41) is 4.15. The Balaban J connectivity index is 1.52. The number of hydrogen-bond acceptors (Lipinski definition) is 7. The molecule has 9 nitrogen and oxygen atoms in total. The Kier molecular flexibility index (Phi) is 8.80. The summed E-state index contributed by atoms with van der Waals surface area (Å²) in [7, 11) is -1.17. The zero-order valence-corrected chi connectivity index (χ0v) is 24.5. The molecular weight excluding hydrogens is 486 g/mol. The van der Waals surface area contributed by atoms with E-state index in [1.165, 1.54) is 5.69 Å². The molecule has 2 aromatic heterocycles. The zero-order chi connectivity index (χ0) is 26.6. The topological polar surface area (TPSA) is 90.7 Å². The third-order valence-corrected chi connectivity index (χ3v) is 8.80. The Morgan fingerprint density at radius 2 is 1.84 bits per heavy atom. The van der Waals surface area contributed by atoms with E-state index in [1.807, 2.05) is 20.8 Å². The normalized spacial score (nSPS) is 21.3. The molecule has 1 saturated heterocycles. The van der Waals surface area contributed by atoms with Gasteiger partial charge in [0.2, 0.25) is 0 Å². The number of carbonyl (C=O) groups is 1. The highest BCUT2D eigenvalue weighted by atomic mass is 28.3. The maximum absolute atomic E-state index is 12.3. The lowest BCUT2D eigenvalue weighted by Gasteiger charge is -2.30. The van der Waals surface area contributed by atoms with E-state index in [2.05, 4.69) is 45.5 Å². The fourth-order valence-electron chi connectivity index (χ4n) is 5.11. The van der Waals surface area contributed by atoms with Gasteiger partial charge in [-0.3, -0.25) is 0 Å². The van der Waals surface area contributed by atoms with Gasteiger partial charge in [0.15, 0.2) is 0 Å². The number of fused-ring (bicyclic) bond motifs is 1. The minimum atomic E-state index is -1.17. The molecule has 0 unspecified atom stereocenters. The van der Waals surface area contributed by atoms with Crippen LogP contribution in [0.1, 0.15) is 58.1 Å². The van der Waals surface area contributed by atoms with Crippen molar-refractivity contribution in [2.75, 3.05) is 37.8 Å². The number of anilines is 1. The predicted octanol–water partition coefficient (Wildman–Crippen LogP) is 5.13. The summed E-state index contributed by atoms with van der Waals surface area (Å²) in [6.07, 6.45) is 5.18. The van der Waals surface area contributed by atoms with E-state index in [1.54, 1.807) is 6.33 Å². The van der Waals surface area contributed by atoms with Gasteiger partial charge in [0.05, 0.1) is 18.6 Å². The van der Waals surface area contributed by atoms with Gasteiger partial charge < -0.3 is 29.0 Å². The molecule has 1 aliphatic heterocycles. The van der Waals surface area contributed by atoms with E-state index >= 15 is 0 Å². The van der Waals surface area contributed by atoms with Crippen molar-refractivity contribution in [1.82, 2.24) is 19.9 Å². The van der Waals surface area contributed by atoms with Gasteiger partial charge in [-0.25, -0.2) is 14.8 Å². The van der Waals surface area contributed by atoms with Gasteiger partial charge in [-0.15, -0.1) is 0 Å². The lowest BCUT2D eigenvalue weighted by Crippen LogP contribution is -2.40. The van der Waals surface area contributed by atoms with Crippen LogP contribution in [0.2, 0.25) is 25.7 Å². The molecule has 0 spiro atoms. The average Bonchev–Trinajstić information content (AvgIpc) is 3.19. The van der Waals surface area contributed by atoms with Crippen molar-refractivity contribution in [2.45, 2.75) is 96.4 Å². The van der Waals surface area contributed by atoms with Crippen LogP contribution < -0.4 is 10.2 Å². The molecule has 3 heterocycles. The molecule has 0 atom stereocenters. The lowest BCUT2D eigenvalue weighted by atomic mass is 9.84. The molecule has 10 heteroatoms.